The third-order valence-electron chi connectivity index (χ3n) is 3.91. The largest absolute Gasteiger partial charge is 0.392 e. The first-order chi connectivity index (χ1) is 8.79. The van der Waals surface area contributed by atoms with Gasteiger partial charge in [0.25, 0.3) is 0 Å². The highest BCUT2D eigenvalue weighted by Gasteiger charge is 2.21. The van der Waals surface area contributed by atoms with E-state index in [-0.39, 0.29) is 6.61 Å². The molecule has 2 aromatic rings. The molecule has 1 aliphatic rings. The third-order valence-corrected chi connectivity index (χ3v) is 4.86. The van der Waals surface area contributed by atoms with Crippen LogP contribution in [0.25, 0.3) is 10.1 Å². The number of thiophene rings is 1. The van der Waals surface area contributed by atoms with Gasteiger partial charge in [0.05, 0.1) is 12.3 Å². The predicted molar refractivity (Wildman–Crippen MR) is 78.4 cm³/mol. The first-order valence-electron chi connectivity index (χ1n) is 6.67. The van der Waals surface area contributed by atoms with Crippen LogP contribution in [0.4, 0.5) is 5.69 Å². The zero-order valence-corrected chi connectivity index (χ0v) is 11.5. The summed E-state index contributed by atoms with van der Waals surface area (Å²) in [7, 11) is 0. The first-order valence-corrected chi connectivity index (χ1v) is 7.55. The Morgan fingerprint density at radius 3 is 3.06 bits per heavy atom. The van der Waals surface area contributed by atoms with Crippen molar-refractivity contribution in [3.63, 3.8) is 0 Å². The van der Waals surface area contributed by atoms with Crippen molar-refractivity contribution in [2.45, 2.75) is 38.8 Å². The van der Waals surface area contributed by atoms with E-state index < -0.39 is 0 Å². The van der Waals surface area contributed by atoms with Gasteiger partial charge < -0.3 is 10.0 Å². The normalized spacial score (nSPS) is 20.6. The molecule has 1 N–H and O–H groups in total. The molecule has 3 rings (SSSR count). The van der Waals surface area contributed by atoms with Gasteiger partial charge in [0, 0.05) is 28.1 Å². The van der Waals surface area contributed by atoms with Crippen LogP contribution in [0.15, 0.2) is 23.6 Å². The van der Waals surface area contributed by atoms with E-state index in [0.717, 1.165) is 12.1 Å². The average molecular weight is 261 g/mol. The van der Waals surface area contributed by atoms with E-state index in [1.165, 1.54) is 35.0 Å². The van der Waals surface area contributed by atoms with Gasteiger partial charge in [-0.3, -0.25) is 0 Å². The Morgan fingerprint density at radius 2 is 2.28 bits per heavy atom. The Bertz CT molecular complexity index is 548. The minimum atomic E-state index is 0.126. The molecule has 2 heterocycles. The van der Waals surface area contributed by atoms with Gasteiger partial charge in [0.2, 0.25) is 0 Å². The van der Waals surface area contributed by atoms with Crippen molar-refractivity contribution in [3.8, 4) is 0 Å². The molecule has 3 heteroatoms. The van der Waals surface area contributed by atoms with Crippen LogP contribution in [0, 0.1) is 0 Å². The number of fused-ring (bicyclic) bond motifs is 1. The zero-order valence-electron chi connectivity index (χ0n) is 10.7. The average Bonchev–Trinajstić information content (AvgIpc) is 2.82. The Labute approximate surface area is 112 Å². The molecule has 2 nitrogen and oxygen atoms in total. The number of piperidine rings is 1. The molecular formula is C15H19NOS. The molecule has 0 bridgehead atoms. The molecule has 0 amide bonds. The van der Waals surface area contributed by atoms with Crippen LogP contribution in [-0.2, 0) is 6.61 Å². The number of hydrogen-bond donors (Lipinski definition) is 1. The van der Waals surface area contributed by atoms with Gasteiger partial charge in [-0.1, -0.05) is 6.07 Å². The molecule has 1 atom stereocenters. The van der Waals surface area contributed by atoms with E-state index in [0.29, 0.717) is 6.04 Å². The van der Waals surface area contributed by atoms with Gasteiger partial charge in [0.15, 0.2) is 0 Å². The van der Waals surface area contributed by atoms with Crippen LogP contribution in [0.5, 0.6) is 0 Å². The summed E-state index contributed by atoms with van der Waals surface area (Å²) < 4.78 is 1.32. The van der Waals surface area contributed by atoms with E-state index in [2.05, 4.69) is 29.3 Å². The molecule has 1 unspecified atom stereocenters. The van der Waals surface area contributed by atoms with Crippen LogP contribution in [0.1, 0.15) is 31.7 Å². The van der Waals surface area contributed by atoms with Crippen molar-refractivity contribution in [1.29, 1.82) is 0 Å². The minimum Gasteiger partial charge on any atom is -0.392 e. The summed E-state index contributed by atoms with van der Waals surface area (Å²) in [4.78, 5) is 2.53. The Kier molecular flexibility index (Phi) is 3.27. The molecular weight excluding hydrogens is 242 g/mol. The molecule has 1 saturated heterocycles. The van der Waals surface area contributed by atoms with Crippen LogP contribution in [-0.4, -0.2) is 17.7 Å². The van der Waals surface area contributed by atoms with E-state index in [9.17, 15) is 5.11 Å². The topological polar surface area (TPSA) is 23.5 Å². The highest BCUT2D eigenvalue weighted by Crippen LogP contribution is 2.36. The second-order valence-electron chi connectivity index (χ2n) is 5.15. The number of aliphatic hydroxyl groups is 1. The van der Waals surface area contributed by atoms with Crippen molar-refractivity contribution in [3.05, 3.63) is 29.1 Å². The minimum absolute atomic E-state index is 0.126. The lowest BCUT2D eigenvalue weighted by molar-refractivity contribution is 0.282. The fourth-order valence-corrected chi connectivity index (χ4v) is 3.78. The summed E-state index contributed by atoms with van der Waals surface area (Å²) in [5, 5.41) is 12.9. The monoisotopic (exact) mass is 261 g/mol. The number of anilines is 1. The Hall–Kier alpha value is -1.06. The summed E-state index contributed by atoms with van der Waals surface area (Å²) in [6.45, 7) is 3.61. The highest BCUT2D eigenvalue weighted by molar-refractivity contribution is 7.17. The standard InChI is InChI=1S/C15H19NOS/c1-11-4-2-3-7-16(11)14-10-18-15-6-5-12(9-17)8-13(14)15/h5-6,8,10-11,17H,2-4,7,9H2,1H3. The molecule has 1 fully saturated rings. The van der Waals surface area contributed by atoms with Gasteiger partial charge in [-0.05, 0) is 43.9 Å². The van der Waals surface area contributed by atoms with Crippen LogP contribution in [0.3, 0.4) is 0 Å². The molecule has 1 aliphatic heterocycles. The fraction of sp³-hybridized carbons (Fsp3) is 0.467. The first kappa shape index (κ1) is 12.0. The lowest BCUT2D eigenvalue weighted by atomic mass is 10.0. The number of rotatable bonds is 2. The molecule has 0 aliphatic carbocycles. The fourth-order valence-electron chi connectivity index (χ4n) is 2.84. The number of benzene rings is 1. The molecule has 0 saturated carbocycles. The molecule has 18 heavy (non-hydrogen) atoms. The summed E-state index contributed by atoms with van der Waals surface area (Å²) in [6, 6.07) is 6.92. The highest BCUT2D eigenvalue weighted by atomic mass is 32.1. The third kappa shape index (κ3) is 2.02. The van der Waals surface area contributed by atoms with Crippen molar-refractivity contribution in [2.75, 3.05) is 11.4 Å². The Balaban J connectivity index is 2.05. The summed E-state index contributed by atoms with van der Waals surface area (Å²) in [6.07, 6.45) is 3.93. The van der Waals surface area contributed by atoms with E-state index >= 15 is 0 Å². The maximum atomic E-state index is 9.28. The van der Waals surface area contributed by atoms with Crippen molar-refractivity contribution >= 4 is 27.1 Å². The van der Waals surface area contributed by atoms with Crippen molar-refractivity contribution in [1.82, 2.24) is 0 Å². The van der Waals surface area contributed by atoms with Crippen molar-refractivity contribution < 1.29 is 5.11 Å². The molecule has 0 radical (unpaired) electrons. The van der Waals surface area contributed by atoms with Gasteiger partial charge >= 0.3 is 0 Å². The summed E-state index contributed by atoms with van der Waals surface area (Å²) in [5.41, 5.74) is 2.37. The van der Waals surface area contributed by atoms with Crippen LogP contribution >= 0.6 is 11.3 Å². The van der Waals surface area contributed by atoms with Crippen LogP contribution < -0.4 is 4.90 Å². The predicted octanol–water partition coefficient (Wildman–Crippen LogP) is 3.77. The maximum Gasteiger partial charge on any atom is 0.0682 e. The van der Waals surface area contributed by atoms with E-state index in [4.69, 9.17) is 0 Å². The lowest BCUT2D eigenvalue weighted by Crippen LogP contribution is -2.37. The number of nitrogens with zero attached hydrogens (tertiary/aromatic N) is 1. The SMILES string of the molecule is CC1CCCCN1c1csc2ccc(CO)cc12. The number of hydrogen-bond acceptors (Lipinski definition) is 3. The molecule has 1 aromatic heterocycles. The zero-order chi connectivity index (χ0) is 12.5. The smallest absolute Gasteiger partial charge is 0.0682 e. The van der Waals surface area contributed by atoms with Gasteiger partial charge in [-0.2, -0.15) is 0 Å². The van der Waals surface area contributed by atoms with Gasteiger partial charge in [-0.15, -0.1) is 11.3 Å². The lowest BCUT2D eigenvalue weighted by Gasteiger charge is -2.35. The van der Waals surface area contributed by atoms with Crippen LogP contribution in [0.2, 0.25) is 0 Å². The maximum absolute atomic E-state index is 9.28. The second kappa shape index (κ2) is 4.90. The van der Waals surface area contributed by atoms with Crippen molar-refractivity contribution in [2.24, 2.45) is 0 Å². The molecule has 96 valence electrons. The summed E-state index contributed by atoms with van der Waals surface area (Å²) in [5.74, 6) is 0. The molecule has 0 spiro atoms. The van der Waals surface area contributed by atoms with Gasteiger partial charge in [-0.25, -0.2) is 0 Å². The summed E-state index contributed by atoms with van der Waals surface area (Å²) >= 11 is 1.81. The van der Waals surface area contributed by atoms with Gasteiger partial charge in [0.1, 0.15) is 0 Å². The number of aliphatic hydroxyl groups excluding tert-OH is 1. The van der Waals surface area contributed by atoms with E-state index in [1.807, 2.05) is 6.07 Å². The Morgan fingerprint density at radius 1 is 1.39 bits per heavy atom. The second-order valence-corrected chi connectivity index (χ2v) is 6.06. The van der Waals surface area contributed by atoms with E-state index in [1.54, 1.807) is 11.3 Å². The molecule has 1 aromatic carbocycles. The quantitative estimate of drug-likeness (QED) is 0.889.